The topological polar surface area (TPSA) is 38.0 Å². The summed E-state index contributed by atoms with van der Waals surface area (Å²) in [6.07, 6.45) is 1.92. The minimum Gasteiger partial charge on any atom is -0.271 e. The summed E-state index contributed by atoms with van der Waals surface area (Å²) in [5, 5.41) is 0. The van der Waals surface area contributed by atoms with Crippen LogP contribution in [-0.4, -0.2) is 6.04 Å². The van der Waals surface area contributed by atoms with E-state index in [-0.39, 0.29) is 6.04 Å². The predicted molar refractivity (Wildman–Crippen MR) is 81.7 cm³/mol. The van der Waals surface area contributed by atoms with Crippen LogP contribution < -0.4 is 11.3 Å². The third-order valence-electron chi connectivity index (χ3n) is 3.04. The predicted octanol–water partition coefficient (Wildman–Crippen LogP) is 3.44. The van der Waals surface area contributed by atoms with Crippen LogP contribution in [0.2, 0.25) is 0 Å². The van der Waals surface area contributed by atoms with Crippen LogP contribution in [0.5, 0.6) is 0 Å². The molecule has 2 aromatic rings. The summed E-state index contributed by atoms with van der Waals surface area (Å²) in [6, 6.07) is 13.0. The van der Waals surface area contributed by atoms with E-state index in [0.29, 0.717) is 0 Å². The number of hydrogen-bond acceptors (Lipinski definition) is 3. The molecule has 1 atom stereocenters. The van der Waals surface area contributed by atoms with Crippen LogP contribution in [-0.2, 0) is 12.8 Å². The van der Waals surface area contributed by atoms with Crippen molar-refractivity contribution in [2.45, 2.75) is 25.8 Å². The van der Waals surface area contributed by atoms with Crippen molar-refractivity contribution < 1.29 is 0 Å². The highest BCUT2D eigenvalue weighted by Crippen LogP contribution is 2.23. The maximum atomic E-state index is 5.67. The monoisotopic (exact) mass is 324 g/mol. The molecule has 4 heteroatoms. The van der Waals surface area contributed by atoms with Crippen molar-refractivity contribution in [3.8, 4) is 0 Å². The Morgan fingerprint density at radius 1 is 1.22 bits per heavy atom. The molecule has 0 spiro atoms. The molecular formula is C14H17BrN2S. The van der Waals surface area contributed by atoms with E-state index in [0.717, 1.165) is 12.8 Å². The van der Waals surface area contributed by atoms with Gasteiger partial charge in [-0.05, 0) is 59.0 Å². The molecule has 1 heterocycles. The zero-order valence-electron chi connectivity index (χ0n) is 10.3. The van der Waals surface area contributed by atoms with Gasteiger partial charge < -0.3 is 0 Å². The second kappa shape index (κ2) is 6.48. The van der Waals surface area contributed by atoms with Gasteiger partial charge in [-0.3, -0.25) is 11.3 Å². The third-order valence-corrected chi connectivity index (χ3v) is 4.69. The van der Waals surface area contributed by atoms with Gasteiger partial charge in [-0.1, -0.05) is 24.3 Å². The molecule has 0 fully saturated rings. The maximum absolute atomic E-state index is 5.67. The van der Waals surface area contributed by atoms with E-state index in [1.807, 2.05) is 0 Å². The highest BCUT2D eigenvalue weighted by molar-refractivity contribution is 9.11. The average molecular weight is 325 g/mol. The highest BCUT2D eigenvalue weighted by atomic mass is 79.9. The molecule has 0 bridgehead atoms. The largest absolute Gasteiger partial charge is 0.271 e. The van der Waals surface area contributed by atoms with Crippen molar-refractivity contribution in [2.24, 2.45) is 5.84 Å². The van der Waals surface area contributed by atoms with Crippen LogP contribution >= 0.6 is 27.3 Å². The molecule has 1 aromatic carbocycles. The van der Waals surface area contributed by atoms with Crippen LogP contribution in [0.3, 0.4) is 0 Å². The van der Waals surface area contributed by atoms with Gasteiger partial charge in [-0.25, -0.2) is 0 Å². The number of nitrogens with one attached hydrogen (secondary N) is 1. The SMILES string of the molecule is Cc1ccccc1CC(Cc1ccc(Br)s1)NN. The van der Waals surface area contributed by atoms with Crippen molar-refractivity contribution in [3.63, 3.8) is 0 Å². The number of rotatable bonds is 5. The number of halogens is 1. The molecule has 0 radical (unpaired) electrons. The average Bonchev–Trinajstić information content (AvgIpc) is 2.76. The van der Waals surface area contributed by atoms with E-state index in [1.165, 1.54) is 19.8 Å². The lowest BCUT2D eigenvalue weighted by Crippen LogP contribution is -2.38. The molecule has 1 unspecified atom stereocenters. The lowest BCUT2D eigenvalue weighted by Gasteiger charge is -2.16. The third kappa shape index (κ3) is 3.65. The van der Waals surface area contributed by atoms with E-state index in [1.54, 1.807) is 11.3 Å². The first-order valence-electron chi connectivity index (χ1n) is 5.94. The molecule has 0 aliphatic heterocycles. The fourth-order valence-corrected chi connectivity index (χ4v) is 3.56. The molecule has 0 saturated heterocycles. The Kier molecular flexibility index (Phi) is 4.95. The molecular weight excluding hydrogens is 308 g/mol. The summed E-state index contributed by atoms with van der Waals surface area (Å²) in [6.45, 7) is 2.14. The Balaban J connectivity index is 2.04. The Labute approximate surface area is 120 Å². The van der Waals surface area contributed by atoms with Gasteiger partial charge >= 0.3 is 0 Å². The number of hydrogen-bond donors (Lipinski definition) is 2. The number of thiophene rings is 1. The number of nitrogens with two attached hydrogens (primary N) is 1. The number of benzene rings is 1. The first-order valence-corrected chi connectivity index (χ1v) is 7.55. The Morgan fingerprint density at radius 2 is 2.00 bits per heavy atom. The fourth-order valence-electron chi connectivity index (χ4n) is 2.00. The summed E-state index contributed by atoms with van der Waals surface area (Å²) in [4.78, 5) is 1.35. The van der Waals surface area contributed by atoms with Gasteiger partial charge in [0.05, 0.1) is 3.79 Å². The number of aryl methyl sites for hydroxylation is 1. The maximum Gasteiger partial charge on any atom is 0.0701 e. The van der Waals surface area contributed by atoms with Gasteiger partial charge in [-0.2, -0.15) is 0 Å². The smallest absolute Gasteiger partial charge is 0.0701 e. The molecule has 96 valence electrons. The van der Waals surface area contributed by atoms with E-state index >= 15 is 0 Å². The van der Waals surface area contributed by atoms with Crippen molar-refractivity contribution in [1.82, 2.24) is 5.43 Å². The van der Waals surface area contributed by atoms with Gasteiger partial charge in [0.1, 0.15) is 0 Å². The van der Waals surface area contributed by atoms with Crippen LogP contribution in [0, 0.1) is 6.92 Å². The summed E-state index contributed by atoms with van der Waals surface area (Å²) < 4.78 is 1.17. The quantitative estimate of drug-likeness (QED) is 0.653. The zero-order chi connectivity index (χ0) is 13.0. The van der Waals surface area contributed by atoms with Gasteiger partial charge in [0.2, 0.25) is 0 Å². The Hall–Kier alpha value is -0.680. The van der Waals surface area contributed by atoms with E-state index in [4.69, 9.17) is 5.84 Å². The summed E-state index contributed by atoms with van der Waals surface area (Å²) in [5.41, 5.74) is 5.61. The lowest BCUT2D eigenvalue weighted by atomic mass is 9.99. The molecule has 18 heavy (non-hydrogen) atoms. The first-order chi connectivity index (χ1) is 8.69. The first kappa shape index (κ1) is 13.7. The molecule has 0 saturated carbocycles. The van der Waals surface area contributed by atoms with Gasteiger partial charge in [-0.15, -0.1) is 11.3 Å². The van der Waals surface area contributed by atoms with Crippen molar-refractivity contribution in [2.75, 3.05) is 0 Å². The fraction of sp³-hybridized carbons (Fsp3) is 0.286. The minimum absolute atomic E-state index is 0.275. The van der Waals surface area contributed by atoms with Gasteiger partial charge in [0.15, 0.2) is 0 Å². The van der Waals surface area contributed by atoms with E-state index < -0.39 is 0 Å². The van der Waals surface area contributed by atoms with Gasteiger partial charge in [0.25, 0.3) is 0 Å². The molecule has 3 N–H and O–H groups in total. The Bertz CT molecular complexity index is 510. The lowest BCUT2D eigenvalue weighted by molar-refractivity contribution is 0.525. The summed E-state index contributed by atoms with van der Waals surface area (Å²) >= 11 is 5.26. The molecule has 2 nitrogen and oxygen atoms in total. The number of hydrazine groups is 1. The molecule has 0 aliphatic rings. The van der Waals surface area contributed by atoms with E-state index in [9.17, 15) is 0 Å². The normalized spacial score (nSPS) is 12.6. The molecule has 2 rings (SSSR count). The van der Waals surface area contributed by atoms with Crippen molar-refractivity contribution in [3.05, 3.63) is 56.2 Å². The zero-order valence-corrected chi connectivity index (χ0v) is 12.7. The summed E-state index contributed by atoms with van der Waals surface area (Å²) in [5.74, 6) is 5.67. The van der Waals surface area contributed by atoms with Gasteiger partial charge in [0, 0.05) is 10.9 Å². The second-order valence-electron chi connectivity index (χ2n) is 4.40. The minimum atomic E-state index is 0.275. The molecule has 1 aromatic heterocycles. The highest BCUT2D eigenvalue weighted by Gasteiger charge is 2.11. The van der Waals surface area contributed by atoms with Crippen LogP contribution in [0.4, 0.5) is 0 Å². The molecule has 0 amide bonds. The van der Waals surface area contributed by atoms with E-state index in [2.05, 4.69) is 64.7 Å². The van der Waals surface area contributed by atoms with Crippen LogP contribution in [0.1, 0.15) is 16.0 Å². The van der Waals surface area contributed by atoms with Crippen molar-refractivity contribution >= 4 is 27.3 Å². The second-order valence-corrected chi connectivity index (χ2v) is 6.95. The molecule has 0 aliphatic carbocycles. The van der Waals surface area contributed by atoms with Crippen LogP contribution in [0.25, 0.3) is 0 Å². The van der Waals surface area contributed by atoms with Crippen LogP contribution in [0.15, 0.2) is 40.2 Å². The van der Waals surface area contributed by atoms with Crippen molar-refractivity contribution in [1.29, 1.82) is 0 Å². The summed E-state index contributed by atoms with van der Waals surface area (Å²) in [7, 11) is 0. The standard InChI is InChI=1S/C14H17BrN2S/c1-10-4-2-3-5-11(10)8-12(17-16)9-13-6-7-14(15)18-13/h2-7,12,17H,8-9,16H2,1H3. The Morgan fingerprint density at radius 3 is 2.61 bits per heavy atom.